The van der Waals surface area contributed by atoms with E-state index in [-0.39, 0.29) is 21.7 Å². The molecule has 0 unspecified atom stereocenters. The van der Waals surface area contributed by atoms with Crippen molar-refractivity contribution in [2.75, 3.05) is 5.32 Å². The van der Waals surface area contributed by atoms with Crippen molar-refractivity contribution in [3.63, 3.8) is 0 Å². The maximum absolute atomic E-state index is 6.63. The quantitative estimate of drug-likeness (QED) is 0.180. The van der Waals surface area contributed by atoms with Gasteiger partial charge in [-0.05, 0) is 158 Å². The Morgan fingerprint density at radius 3 is 1.84 bits per heavy atom. The first kappa shape index (κ1) is 41.0. The summed E-state index contributed by atoms with van der Waals surface area (Å²) in [5.41, 5.74) is 25.9. The van der Waals surface area contributed by atoms with E-state index in [1.807, 2.05) is 0 Å². The molecular formula is C64H57BN2O2. The van der Waals surface area contributed by atoms with Gasteiger partial charge in [0.25, 0.3) is 0 Å². The van der Waals surface area contributed by atoms with E-state index in [9.17, 15) is 0 Å². The van der Waals surface area contributed by atoms with E-state index in [2.05, 4.69) is 207 Å². The third-order valence-corrected chi connectivity index (χ3v) is 17.1. The van der Waals surface area contributed by atoms with Gasteiger partial charge in [0.1, 0.15) is 22.3 Å². The van der Waals surface area contributed by atoms with E-state index in [1.54, 1.807) is 0 Å². The average Bonchev–Trinajstić information content (AvgIpc) is 4.03. The first-order valence-corrected chi connectivity index (χ1v) is 25.1. The molecule has 3 aromatic heterocycles. The van der Waals surface area contributed by atoms with Crippen LogP contribution < -0.4 is 16.2 Å². The van der Waals surface area contributed by atoms with Crippen molar-refractivity contribution >= 4 is 95.3 Å². The molecule has 3 aliphatic rings. The molecule has 0 fully saturated rings. The summed E-state index contributed by atoms with van der Waals surface area (Å²) in [5.74, 6) is 0. The SMILES string of the molecule is Cc1cc(-c2cc3c(cc2Nc2ccc(C(C)(C)C)cc2)C(C)(C)c2cc4c(cc2-3)C(C)(C)CCC4(C)C)c2c3c1c1cc4oc5ccccc5c4cc1n3-c1cc3c(cc1B2)oc1ccccc13. The maximum Gasteiger partial charge on any atom is 0.198 e. The van der Waals surface area contributed by atoms with Crippen LogP contribution in [-0.2, 0) is 21.7 Å². The number of hydrogen-bond acceptors (Lipinski definition) is 3. The van der Waals surface area contributed by atoms with Crippen LogP contribution in [0.15, 0.2) is 136 Å². The van der Waals surface area contributed by atoms with Gasteiger partial charge in [0.2, 0.25) is 0 Å². The second-order valence-electron chi connectivity index (χ2n) is 23.7. The Morgan fingerprint density at radius 1 is 0.551 bits per heavy atom. The number of aromatic nitrogens is 1. The molecule has 2 aliphatic carbocycles. The maximum atomic E-state index is 6.63. The predicted octanol–water partition coefficient (Wildman–Crippen LogP) is 16.0. The Balaban J connectivity index is 1.08. The highest BCUT2D eigenvalue weighted by Crippen LogP contribution is 2.56. The van der Waals surface area contributed by atoms with Gasteiger partial charge in [-0.25, -0.2) is 0 Å². The van der Waals surface area contributed by atoms with Crippen LogP contribution in [0.5, 0.6) is 0 Å². The monoisotopic (exact) mass is 896 g/mol. The minimum absolute atomic E-state index is 0.0588. The topological polar surface area (TPSA) is 43.2 Å². The zero-order valence-corrected chi connectivity index (χ0v) is 41.5. The van der Waals surface area contributed by atoms with E-state index in [4.69, 9.17) is 8.83 Å². The molecule has 69 heavy (non-hydrogen) atoms. The van der Waals surface area contributed by atoms with Gasteiger partial charge in [-0.15, -0.1) is 0 Å². The lowest BCUT2D eigenvalue weighted by molar-refractivity contribution is 0.331. The number of nitrogens with zero attached hydrogens (tertiary/aromatic N) is 1. The normalized spacial score (nSPS) is 16.3. The summed E-state index contributed by atoms with van der Waals surface area (Å²) in [6.45, 7) is 23.9. The lowest BCUT2D eigenvalue weighted by atomic mass is 9.58. The van der Waals surface area contributed by atoms with Gasteiger partial charge in [0, 0.05) is 65.9 Å². The highest BCUT2D eigenvalue weighted by atomic mass is 16.3. The highest BCUT2D eigenvalue weighted by molar-refractivity contribution is 6.74. The molecule has 0 radical (unpaired) electrons. The molecule has 1 aliphatic heterocycles. The van der Waals surface area contributed by atoms with Crippen molar-refractivity contribution in [3.8, 4) is 27.9 Å². The van der Waals surface area contributed by atoms with E-state index < -0.39 is 0 Å². The molecule has 4 nitrogen and oxygen atoms in total. The molecule has 0 spiro atoms. The molecular weight excluding hydrogens is 840 g/mol. The van der Waals surface area contributed by atoms with Crippen molar-refractivity contribution in [1.29, 1.82) is 0 Å². The summed E-state index contributed by atoms with van der Waals surface area (Å²) in [6, 6.07) is 48.2. The van der Waals surface area contributed by atoms with Gasteiger partial charge in [-0.3, -0.25) is 0 Å². The number of fused-ring (bicyclic) bond motifs is 15. The Hall–Kier alpha value is -6.98. The van der Waals surface area contributed by atoms with Crippen molar-refractivity contribution in [2.24, 2.45) is 0 Å². The van der Waals surface area contributed by atoms with Crippen LogP contribution in [0.25, 0.3) is 93.6 Å². The minimum Gasteiger partial charge on any atom is -0.456 e. The van der Waals surface area contributed by atoms with E-state index in [0.717, 1.165) is 62.5 Å². The van der Waals surface area contributed by atoms with Gasteiger partial charge >= 0.3 is 0 Å². The van der Waals surface area contributed by atoms with Crippen molar-refractivity contribution in [2.45, 2.75) is 104 Å². The molecule has 8 aromatic carbocycles. The Bertz CT molecular complexity index is 4090. The van der Waals surface area contributed by atoms with Gasteiger partial charge in [0.05, 0.1) is 5.52 Å². The fourth-order valence-electron chi connectivity index (χ4n) is 13.1. The van der Waals surface area contributed by atoms with Crippen LogP contribution in [0.3, 0.4) is 0 Å². The third-order valence-electron chi connectivity index (χ3n) is 17.1. The van der Waals surface area contributed by atoms with Crippen LogP contribution in [0, 0.1) is 6.92 Å². The smallest absolute Gasteiger partial charge is 0.198 e. The number of hydrogen-bond donors (Lipinski definition) is 1. The zero-order valence-electron chi connectivity index (χ0n) is 41.5. The first-order chi connectivity index (χ1) is 32.9. The highest BCUT2D eigenvalue weighted by Gasteiger charge is 2.43. The lowest BCUT2D eigenvalue weighted by Crippen LogP contribution is -2.37. The first-order valence-electron chi connectivity index (χ1n) is 25.1. The van der Waals surface area contributed by atoms with Crippen LogP contribution >= 0.6 is 0 Å². The number of benzene rings is 8. The molecule has 5 heteroatoms. The van der Waals surface area contributed by atoms with Crippen LogP contribution in [0.2, 0.25) is 0 Å². The number of furan rings is 2. The molecule has 4 heterocycles. The third kappa shape index (κ3) is 5.65. The fraction of sp³-hybridized carbons (Fsp3) is 0.250. The second kappa shape index (κ2) is 13.4. The Morgan fingerprint density at radius 2 is 1.16 bits per heavy atom. The molecule has 0 bridgehead atoms. The van der Waals surface area contributed by atoms with Gasteiger partial charge in [0.15, 0.2) is 7.28 Å². The summed E-state index contributed by atoms with van der Waals surface area (Å²) in [5, 5.41) is 11.1. The molecule has 14 rings (SSSR count). The summed E-state index contributed by atoms with van der Waals surface area (Å²) >= 11 is 0. The van der Waals surface area contributed by atoms with Crippen LogP contribution in [0.4, 0.5) is 11.4 Å². The number of aryl methyl sites for hydroxylation is 1. The summed E-state index contributed by atoms with van der Waals surface area (Å²) in [4.78, 5) is 0. The average molecular weight is 897 g/mol. The number of para-hydroxylation sites is 2. The Kier molecular flexibility index (Phi) is 7.98. The molecule has 338 valence electrons. The van der Waals surface area contributed by atoms with Gasteiger partial charge in [-0.1, -0.05) is 128 Å². The summed E-state index contributed by atoms with van der Waals surface area (Å²) < 4.78 is 15.8. The van der Waals surface area contributed by atoms with Crippen LogP contribution in [-0.4, -0.2) is 11.8 Å². The van der Waals surface area contributed by atoms with Gasteiger partial charge in [-0.2, -0.15) is 0 Å². The molecule has 1 N–H and O–H groups in total. The van der Waals surface area contributed by atoms with Crippen LogP contribution in [0.1, 0.15) is 109 Å². The molecule has 0 amide bonds. The van der Waals surface area contributed by atoms with E-state index >= 15 is 0 Å². The van der Waals surface area contributed by atoms with Gasteiger partial charge < -0.3 is 18.7 Å². The molecule has 0 atom stereocenters. The minimum atomic E-state index is -0.193. The van der Waals surface area contributed by atoms with E-state index in [1.165, 1.54) is 107 Å². The largest absolute Gasteiger partial charge is 0.456 e. The zero-order chi connectivity index (χ0) is 47.3. The summed E-state index contributed by atoms with van der Waals surface area (Å²) in [6.07, 6.45) is 2.38. The molecule has 0 saturated carbocycles. The number of nitrogens with one attached hydrogen (secondary N) is 1. The number of anilines is 2. The van der Waals surface area contributed by atoms with Crippen molar-refractivity contribution < 1.29 is 8.83 Å². The van der Waals surface area contributed by atoms with Crippen molar-refractivity contribution in [1.82, 2.24) is 4.57 Å². The number of rotatable bonds is 3. The molecule has 0 saturated heterocycles. The van der Waals surface area contributed by atoms with E-state index in [0.29, 0.717) is 0 Å². The molecule has 11 aromatic rings. The predicted molar refractivity (Wildman–Crippen MR) is 293 cm³/mol. The standard InChI is InChI=1S/C64H57BN2O2/c1-34-25-44(41-26-39-40-27-48-49(63(7,8)24-23-62(48,5)6)31-46(40)64(9,10)47(39)32-51(41)66-36-21-19-35(20-22-36)61(2,3)4)59-60-58(34)45-30-56-42(37-15-11-13-17-54(37)68-56)28-52(45)67(60)53-29-43-38-16-12-14-18-55(38)69-57(43)33-50(53)65-59/h11-22,25-33,65-66H,23-24H2,1-10H3. The van der Waals surface area contributed by atoms with Crippen molar-refractivity contribution in [3.05, 3.63) is 161 Å². The lowest BCUT2D eigenvalue weighted by Gasteiger charge is -2.42. The summed E-state index contributed by atoms with van der Waals surface area (Å²) in [7, 11) is 0.763. The second-order valence-corrected chi connectivity index (χ2v) is 23.7. The fourth-order valence-corrected chi connectivity index (χ4v) is 13.1. The Labute approximate surface area is 404 Å².